The summed E-state index contributed by atoms with van der Waals surface area (Å²) >= 11 is 0. The predicted octanol–water partition coefficient (Wildman–Crippen LogP) is 3.46. The molecule has 0 atom stereocenters. The number of hydrogen-bond acceptors (Lipinski definition) is 3. The summed E-state index contributed by atoms with van der Waals surface area (Å²) in [6, 6.07) is 8.99. The van der Waals surface area contributed by atoms with Gasteiger partial charge in [-0.1, -0.05) is 12.1 Å². The Hall–Kier alpha value is -1.83. The molecule has 0 bridgehead atoms. The van der Waals surface area contributed by atoms with Crippen LogP contribution in [0.2, 0.25) is 0 Å². The molecule has 0 saturated heterocycles. The lowest BCUT2D eigenvalue weighted by Crippen LogP contribution is -2.38. The number of rotatable bonds is 5. The Kier molecular flexibility index (Phi) is 5.70. The van der Waals surface area contributed by atoms with E-state index in [0.717, 1.165) is 25.0 Å². The molecular weight excluding hydrogens is 360 g/mol. The van der Waals surface area contributed by atoms with Gasteiger partial charge in [-0.15, -0.1) is 0 Å². The van der Waals surface area contributed by atoms with Gasteiger partial charge < -0.3 is 5.11 Å². The van der Waals surface area contributed by atoms with Crippen molar-refractivity contribution in [2.24, 2.45) is 5.92 Å². The van der Waals surface area contributed by atoms with Crippen LogP contribution >= 0.6 is 0 Å². The fraction of sp³-hybridized carbons (Fsp3) is 0.368. The Balaban J connectivity index is 1.73. The number of benzene rings is 2. The SMILES string of the molecule is O=S(=O)(NC1CCC(CO)CC1)c1ccc(-c2ccc(F)cc2F)cc1. The maximum Gasteiger partial charge on any atom is 0.240 e. The van der Waals surface area contributed by atoms with Crippen molar-refractivity contribution in [2.45, 2.75) is 36.6 Å². The van der Waals surface area contributed by atoms with Gasteiger partial charge in [0.2, 0.25) is 10.0 Å². The molecular formula is C19H21F2NO3S. The first-order valence-corrected chi connectivity index (χ1v) is 10.1. The minimum absolute atomic E-state index is 0.105. The summed E-state index contributed by atoms with van der Waals surface area (Å²) in [4.78, 5) is 0.105. The van der Waals surface area contributed by atoms with Crippen LogP contribution in [0.1, 0.15) is 25.7 Å². The highest BCUT2D eigenvalue weighted by Gasteiger charge is 2.25. The summed E-state index contributed by atoms with van der Waals surface area (Å²) in [5.74, 6) is -1.11. The minimum Gasteiger partial charge on any atom is -0.396 e. The van der Waals surface area contributed by atoms with Crippen LogP contribution in [-0.4, -0.2) is 26.2 Å². The predicted molar refractivity (Wildman–Crippen MR) is 94.9 cm³/mol. The van der Waals surface area contributed by atoms with E-state index in [0.29, 0.717) is 18.4 Å². The first-order chi connectivity index (χ1) is 12.4. The molecule has 1 aliphatic rings. The summed E-state index contributed by atoms with van der Waals surface area (Å²) in [5.41, 5.74) is 0.690. The van der Waals surface area contributed by atoms with E-state index in [2.05, 4.69) is 4.72 Å². The summed E-state index contributed by atoms with van der Waals surface area (Å²) in [6.07, 6.45) is 2.99. The fourth-order valence-electron chi connectivity index (χ4n) is 3.29. The van der Waals surface area contributed by atoms with Crippen LogP contribution < -0.4 is 4.72 Å². The monoisotopic (exact) mass is 381 g/mol. The van der Waals surface area contributed by atoms with Gasteiger partial charge in [-0.25, -0.2) is 21.9 Å². The zero-order valence-corrected chi connectivity index (χ0v) is 15.0. The largest absolute Gasteiger partial charge is 0.396 e. The van der Waals surface area contributed by atoms with E-state index < -0.39 is 21.7 Å². The molecule has 1 fully saturated rings. The zero-order chi connectivity index (χ0) is 18.7. The van der Waals surface area contributed by atoms with Gasteiger partial charge in [-0.3, -0.25) is 0 Å². The van der Waals surface area contributed by atoms with Crippen LogP contribution in [0.15, 0.2) is 47.4 Å². The van der Waals surface area contributed by atoms with Gasteiger partial charge in [0.25, 0.3) is 0 Å². The number of aliphatic hydroxyl groups is 1. The maximum absolute atomic E-state index is 13.9. The van der Waals surface area contributed by atoms with Crippen LogP contribution in [0.4, 0.5) is 8.78 Å². The minimum atomic E-state index is -3.67. The summed E-state index contributed by atoms with van der Waals surface area (Å²) < 4.78 is 54.6. The molecule has 0 amide bonds. The van der Waals surface area contributed by atoms with Crippen LogP contribution in [-0.2, 0) is 10.0 Å². The van der Waals surface area contributed by atoms with Crippen molar-refractivity contribution in [1.82, 2.24) is 4.72 Å². The highest BCUT2D eigenvalue weighted by atomic mass is 32.2. The van der Waals surface area contributed by atoms with Crippen molar-refractivity contribution in [3.05, 3.63) is 54.1 Å². The molecule has 0 unspecified atom stereocenters. The van der Waals surface area contributed by atoms with Crippen molar-refractivity contribution >= 4 is 10.0 Å². The molecule has 0 spiro atoms. The number of nitrogens with one attached hydrogen (secondary N) is 1. The van der Waals surface area contributed by atoms with Gasteiger partial charge in [0.05, 0.1) is 4.90 Å². The molecule has 2 aromatic rings. The topological polar surface area (TPSA) is 66.4 Å². The van der Waals surface area contributed by atoms with E-state index in [1.54, 1.807) is 0 Å². The molecule has 1 saturated carbocycles. The molecule has 0 aromatic heterocycles. The average molecular weight is 381 g/mol. The standard InChI is InChI=1S/C19H21F2NO3S/c20-15-5-10-18(19(21)11-15)14-3-8-17(9-4-14)26(24,25)22-16-6-1-13(12-23)2-7-16/h3-5,8-11,13,16,22-23H,1-2,6-7,12H2. The van der Waals surface area contributed by atoms with Gasteiger partial charge >= 0.3 is 0 Å². The van der Waals surface area contributed by atoms with Crippen LogP contribution in [0.5, 0.6) is 0 Å². The van der Waals surface area contributed by atoms with Gasteiger partial charge in [0.15, 0.2) is 0 Å². The average Bonchev–Trinajstić information content (AvgIpc) is 2.62. The molecule has 1 aliphatic carbocycles. The smallest absolute Gasteiger partial charge is 0.240 e. The summed E-state index contributed by atoms with van der Waals surface area (Å²) in [5, 5.41) is 9.16. The number of sulfonamides is 1. The van der Waals surface area contributed by atoms with E-state index in [1.165, 1.54) is 30.3 Å². The zero-order valence-electron chi connectivity index (χ0n) is 14.2. The van der Waals surface area contributed by atoms with E-state index >= 15 is 0 Å². The first kappa shape index (κ1) is 18.9. The van der Waals surface area contributed by atoms with Crippen molar-refractivity contribution in [3.8, 4) is 11.1 Å². The first-order valence-electron chi connectivity index (χ1n) is 8.58. The highest BCUT2D eigenvalue weighted by Crippen LogP contribution is 2.27. The molecule has 4 nitrogen and oxygen atoms in total. The lowest BCUT2D eigenvalue weighted by molar-refractivity contribution is 0.180. The second kappa shape index (κ2) is 7.82. The Labute approximate surface area is 151 Å². The number of hydrogen-bond donors (Lipinski definition) is 2. The molecule has 0 heterocycles. The summed E-state index contributed by atoms with van der Waals surface area (Å²) in [7, 11) is -3.67. The second-order valence-electron chi connectivity index (χ2n) is 6.67. The lowest BCUT2D eigenvalue weighted by atomic mass is 9.87. The van der Waals surface area contributed by atoms with Crippen molar-refractivity contribution in [3.63, 3.8) is 0 Å². The van der Waals surface area contributed by atoms with E-state index in [4.69, 9.17) is 5.11 Å². The van der Waals surface area contributed by atoms with E-state index in [-0.39, 0.29) is 29.0 Å². The van der Waals surface area contributed by atoms with Crippen LogP contribution in [0.3, 0.4) is 0 Å². The van der Waals surface area contributed by atoms with Crippen molar-refractivity contribution in [2.75, 3.05) is 6.61 Å². The molecule has 0 radical (unpaired) electrons. The number of halogens is 2. The van der Waals surface area contributed by atoms with Crippen molar-refractivity contribution < 1.29 is 22.3 Å². The normalized spacial score (nSPS) is 20.9. The number of aliphatic hydroxyl groups excluding tert-OH is 1. The van der Waals surface area contributed by atoms with Gasteiger partial charge in [0, 0.05) is 24.3 Å². The van der Waals surface area contributed by atoms with Crippen LogP contribution in [0.25, 0.3) is 11.1 Å². The van der Waals surface area contributed by atoms with Crippen LogP contribution in [0, 0.1) is 17.6 Å². The molecule has 0 aliphatic heterocycles. The molecule has 26 heavy (non-hydrogen) atoms. The quantitative estimate of drug-likeness (QED) is 0.834. The van der Waals surface area contributed by atoms with E-state index in [1.807, 2.05) is 0 Å². The molecule has 7 heteroatoms. The van der Waals surface area contributed by atoms with Gasteiger partial charge in [-0.2, -0.15) is 0 Å². The fourth-order valence-corrected chi connectivity index (χ4v) is 4.59. The molecule has 3 rings (SSSR count). The molecule has 140 valence electrons. The Bertz CT molecular complexity index is 861. The maximum atomic E-state index is 13.9. The Morgan fingerprint density at radius 1 is 1.00 bits per heavy atom. The molecule has 2 N–H and O–H groups in total. The van der Waals surface area contributed by atoms with E-state index in [9.17, 15) is 17.2 Å². The van der Waals surface area contributed by atoms with Gasteiger partial charge in [0.1, 0.15) is 11.6 Å². The Morgan fingerprint density at radius 3 is 2.23 bits per heavy atom. The second-order valence-corrected chi connectivity index (χ2v) is 8.38. The van der Waals surface area contributed by atoms with Crippen molar-refractivity contribution in [1.29, 1.82) is 0 Å². The summed E-state index contributed by atoms with van der Waals surface area (Å²) in [6.45, 7) is 0.140. The highest BCUT2D eigenvalue weighted by molar-refractivity contribution is 7.89. The third-order valence-corrected chi connectivity index (χ3v) is 6.37. The Morgan fingerprint density at radius 2 is 1.65 bits per heavy atom. The third kappa shape index (κ3) is 4.28. The third-order valence-electron chi connectivity index (χ3n) is 4.83. The lowest BCUT2D eigenvalue weighted by Gasteiger charge is -2.27. The van der Waals surface area contributed by atoms with Gasteiger partial charge in [-0.05, 0) is 61.4 Å². The molecule has 2 aromatic carbocycles.